The molecule has 0 bridgehead atoms. The fourth-order valence-electron chi connectivity index (χ4n) is 4.09. The van der Waals surface area contributed by atoms with Gasteiger partial charge in [-0.25, -0.2) is 4.98 Å². The minimum absolute atomic E-state index is 0.219. The third-order valence-corrected chi connectivity index (χ3v) is 6.63. The van der Waals surface area contributed by atoms with Crippen molar-refractivity contribution in [3.63, 3.8) is 0 Å². The van der Waals surface area contributed by atoms with Gasteiger partial charge in [-0.2, -0.15) is 0 Å². The van der Waals surface area contributed by atoms with Gasteiger partial charge in [0.1, 0.15) is 5.01 Å². The molecule has 2 aromatic rings. The Bertz CT molecular complexity index is 741. The summed E-state index contributed by atoms with van der Waals surface area (Å²) in [6.07, 6.45) is 5.85. The summed E-state index contributed by atoms with van der Waals surface area (Å²) in [6.45, 7) is 5.88. The van der Waals surface area contributed by atoms with Crippen LogP contribution in [0.15, 0.2) is 29.6 Å². The molecular formula is C21H27N3OS. The molecule has 0 spiro atoms. The largest absolute Gasteiger partial charge is 0.340 e. The molecule has 1 saturated carbocycles. The molecule has 1 aliphatic carbocycles. The molecule has 2 aliphatic rings. The molecule has 2 fully saturated rings. The van der Waals surface area contributed by atoms with Crippen LogP contribution >= 0.6 is 11.3 Å². The van der Waals surface area contributed by atoms with Crippen molar-refractivity contribution in [2.24, 2.45) is 0 Å². The summed E-state index contributed by atoms with van der Waals surface area (Å²) in [6, 6.07) is 9.17. The average molecular weight is 370 g/mol. The summed E-state index contributed by atoms with van der Waals surface area (Å²) in [5, 5.41) is 3.03. The lowest BCUT2D eigenvalue weighted by Gasteiger charge is -2.38. The number of carbonyl (C=O) groups excluding carboxylic acids is 1. The Balaban J connectivity index is 1.32. The van der Waals surface area contributed by atoms with Crippen LogP contribution in [0, 0.1) is 6.92 Å². The number of rotatable bonds is 4. The number of aryl methyl sites for hydroxylation is 1. The maximum absolute atomic E-state index is 12.7. The second kappa shape index (κ2) is 7.89. The van der Waals surface area contributed by atoms with Crippen molar-refractivity contribution >= 4 is 17.2 Å². The van der Waals surface area contributed by atoms with Gasteiger partial charge in [-0.1, -0.05) is 42.7 Å². The molecule has 0 atom stereocenters. The molecule has 1 aliphatic heterocycles. The minimum atomic E-state index is 0.219. The zero-order valence-electron chi connectivity index (χ0n) is 15.5. The highest BCUT2D eigenvalue weighted by Crippen LogP contribution is 2.26. The second-order valence-electron chi connectivity index (χ2n) is 7.54. The number of carbonyl (C=O) groups is 1. The second-order valence-corrected chi connectivity index (χ2v) is 8.40. The molecule has 1 amide bonds. The lowest BCUT2D eigenvalue weighted by atomic mass is 10.1. The lowest BCUT2D eigenvalue weighted by molar-refractivity contribution is -0.132. The van der Waals surface area contributed by atoms with Crippen molar-refractivity contribution in [2.75, 3.05) is 26.2 Å². The summed E-state index contributed by atoms with van der Waals surface area (Å²) >= 11 is 1.62. The molecule has 0 N–H and O–H groups in total. The van der Waals surface area contributed by atoms with E-state index in [1.54, 1.807) is 11.3 Å². The van der Waals surface area contributed by atoms with Crippen molar-refractivity contribution in [1.82, 2.24) is 14.8 Å². The standard InChI is InChI=1S/C21H27N3OS/c1-16-6-8-17(9-7-16)21-22-18(15-26-21)14-20(25)24-12-10-23(11-13-24)19-4-2-3-5-19/h6-9,15,19H,2-5,10-14H2,1H3. The third-order valence-electron chi connectivity index (χ3n) is 5.69. The molecular weight excluding hydrogens is 342 g/mol. The SMILES string of the molecule is Cc1ccc(-c2nc(CC(=O)N3CCN(C4CCCC4)CC3)cs2)cc1. The minimum Gasteiger partial charge on any atom is -0.340 e. The number of piperazine rings is 1. The summed E-state index contributed by atoms with van der Waals surface area (Å²) < 4.78 is 0. The van der Waals surface area contributed by atoms with E-state index < -0.39 is 0 Å². The Morgan fingerprint density at radius 2 is 1.81 bits per heavy atom. The summed E-state index contributed by atoms with van der Waals surface area (Å²) in [5.74, 6) is 0.219. The van der Waals surface area contributed by atoms with E-state index in [0.717, 1.165) is 48.5 Å². The van der Waals surface area contributed by atoms with Crippen LogP contribution in [0.25, 0.3) is 10.6 Å². The van der Waals surface area contributed by atoms with Crippen LogP contribution in [0.4, 0.5) is 0 Å². The first-order chi connectivity index (χ1) is 12.7. The number of thiazole rings is 1. The van der Waals surface area contributed by atoms with Crippen molar-refractivity contribution in [1.29, 1.82) is 0 Å². The molecule has 1 aromatic heterocycles. The van der Waals surface area contributed by atoms with Gasteiger partial charge in [0.15, 0.2) is 0 Å². The molecule has 1 aromatic carbocycles. The van der Waals surface area contributed by atoms with E-state index in [1.165, 1.54) is 31.2 Å². The Morgan fingerprint density at radius 3 is 2.50 bits per heavy atom. The van der Waals surface area contributed by atoms with Crippen molar-refractivity contribution in [2.45, 2.75) is 45.1 Å². The predicted octanol–water partition coefficient (Wildman–Crippen LogP) is 3.75. The molecule has 0 radical (unpaired) electrons. The van der Waals surface area contributed by atoms with E-state index >= 15 is 0 Å². The van der Waals surface area contributed by atoms with E-state index in [4.69, 9.17) is 0 Å². The number of nitrogens with zero attached hydrogens (tertiary/aromatic N) is 3. The van der Waals surface area contributed by atoms with Gasteiger partial charge in [0, 0.05) is 43.2 Å². The van der Waals surface area contributed by atoms with Crippen LogP contribution in [0.1, 0.15) is 36.9 Å². The number of aromatic nitrogens is 1. The highest BCUT2D eigenvalue weighted by Gasteiger charge is 2.28. The molecule has 138 valence electrons. The van der Waals surface area contributed by atoms with Crippen LogP contribution in [0.3, 0.4) is 0 Å². The molecule has 2 heterocycles. The Labute approximate surface area is 159 Å². The van der Waals surface area contributed by atoms with E-state index in [9.17, 15) is 4.79 Å². The van der Waals surface area contributed by atoms with Gasteiger partial charge in [0.2, 0.25) is 5.91 Å². The van der Waals surface area contributed by atoms with E-state index in [0.29, 0.717) is 6.42 Å². The van der Waals surface area contributed by atoms with Crippen LogP contribution < -0.4 is 0 Å². The van der Waals surface area contributed by atoms with Gasteiger partial charge in [-0.15, -0.1) is 11.3 Å². The van der Waals surface area contributed by atoms with Gasteiger partial charge < -0.3 is 4.90 Å². The van der Waals surface area contributed by atoms with Gasteiger partial charge >= 0.3 is 0 Å². The third kappa shape index (κ3) is 3.99. The molecule has 4 nitrogen and oxygen atoms in total. The quantitative estimate of drug-likeness (QED) is 0.824. The highest BCUT2D eigenvalue weighted by molar-refractivity contribution is 7.13. The predicted molar refractivity (Wildman–Crippen MR) is 106 cm³/mol. The van der Waals surface area contributed by atoms with Crippen LogP contribution in [0.2, 0.25) is 0 Å². The van der Waals surface area contributed by atoms with Crippen LogP contribution in [-0.4, -0.2) is 52.9 Å². The van der Waals surface area contributed by atoms with E-state index in [-0.39, 0.29) is 5.91 Å². The number of hydrogen-bond donors (Lipinski definition) is 0. The molecule has 1 saturated heterocycles. The van der Waals surface area contributed by atoms with Gasteiger partial charge in [-0.3, -0.25) is 9.69 Å². The molecule has 4 rings (SSSR count). The smallest absolute Gasteiger partial charge is 0.228 e. The molecule has 0 unspecified atom stereocenters. The summed E-state index contributed by atoms with van der Waals surface area (Å²) in [7, 11) is 0. The first kappa shape index (κ1) is 17.7. The highest BCUT2D eigenvalue weighted by atomic mass is 32.1. The maximum Gasteiger partial charge on any atom is 0.228 e. The zero-order valence-corrected chi connectivity index (χ0v) is 16.3. The first-order valence-electron chi connectivity index (χ1n) is 9.72. The Morgan fingerprint density at radius 1 is 1.12 bits per heavy atom. The number of amides is 1. The van der Waals surface area contributed by atoms with Gasteiger partial charge in [-0.05, 0) is 19.8 Å². The van der Waals surface area contributed by atoms with E-state index in [1.807, 2.05) is 10.3 Å². The summed E-state index contributed by atoms with van der Waals surface area (Å²) in [5.41, 5.74) is 3.27. The van der Waals surface area contributed by atoms with Crippen molar-refractivity contribution < 1.29 is 4.79 Å². The number of benzene rings is 1. The topological polar surface area (TPSA) is 36.4 Å². The van der Waals surface area contributed by atoms with Gasteiger partial charge in [0.25, 0.3) is 0 Å². The fraction of sp³-hybridized carbons (Fsp3) is 0.524. The monoisotopic (exact) mass is 369 g/mol. The summed E-state index contributed by atoms with van der Waals surface area (Å²) in [4.78, 5) is 22.0. The molecule has 5 heteroatoms. The van der Waals surface area contributed by atoms with Crippen molar-refractivity contribution in [3.8, 4) is 10.6 Å². The van der Waals surface area contributed by atoms with Crippen LogP contribution in [0.5, 0.6) is 0 Å². The zero-order chi connectivity index (χ0) is 17.9. The molecule has 26 heavy (non-hydrogen) atoms. The van der Waals surface area contributed by atoms with Gasteiger partial charge in [0.05, 0.1) is 12.1 Å². The Hall–Kier alpha value is -1.72. The van der Waals surface area contributed by atoms with Crippen molar-refractivity contribution in [3.05, 3.63) is 40.9 Å². The fourth-order valence-corrected chi connectivity index (χ4v) is 4.92. The Kier molecular flexibility index (Phi) is 5.36. The maximum atomic E-state index is 12.7. The van der Waals surface area contributed by atoms with E-state index in [2.05, 4.69) is 41.1 Å². The normalized spacial score (nSPS) is 19.2. The number of hydrogen-bond acceptors (Lipinski definition) is 4. The lowest BCUT2D eigenvalue weighted by Crippen LogP contribution is -2.51. The average Bonchev–Trinajstić information content (AvgIpc) is 3.35. The first-order valence-corrected chi connectivity index (χ1v) is 10.6. The van der Waals surface area contributed by atoms with Crippen LogP contribution in [-0.2, 0) is 11.2 Å².